The summed E-state index contributed by atoms with van der Waals surface area (Å²) in [7, 11) is 0. The molecule has 2 N–H and O–H groups in total. The fourth-order valence-electron chi connectivity index (χ4n) is 2.03. The van der Waals surface area contributed by atoms with Crippen molar-refractivity contribution in [3.05, 3.63) is 28.5 Å². The van der Waals surface area contributed by atoms with Crippen LogP contribution < -0.4 is 5.32 Å². The van der Waals surface area contributed by atoms with Gasteiger partial charge in [-0.25, -0.2) is 4.39 Å². The molecule has 0 saturated carbocycles. The minimum absolute atomic E-state index is 0.0324. The first-order valence-corrected chi connectivity index (χ1v) is 5.45. The lowest BCUT2D eigenvalue weighted by Gasteiger charge is -2.23. The van der Waals surface area contributed by atoms with Crippen molar-refractivity contribution in [2.75, 3.05) is 13.1 Å². The van der Waals surface area contributed by atoms with Gasteiger partial charge in [-0.2, -0.15) is 0 Å². The molecule has 1 fully saturated rings. The second-order valence-electron chi connectivity index (χ2n) is 3.85. The van der Waals surface area contributed by atoms with Gasteiger partial charge in [-0.15, -0.1) is 0 Å². The average Bonchev–Trinajstić information content (AvgIpc) is 2.24. The van der Waals surface area contributed by atoms with Crippen LogP contribution >= 0.6 is 11.6 Å². The standard InChI is InChI=1S/C11H13ClFNO/c12-10-6-8(13)5-9(11(10)15)7-1-3-14-4-2-7/h5-7,14-15H,1-4H2. The first kappa shape index (κ1) is 10.7. The monoisotopic (exact) mass is 229 g/mol. The van der Waals surface area contributed by atoms with E-state index in [0.29, 0.717) is 5.56 Å². The highest BCUT2D eigenvalue weighted by Crippen LogP contribution is 2.37. The van der Waals surface area contributed by atoms with Crippen molar-refractivity contribution in [2.24, 2.45) is 0 Å². The van der Waals surface area contributed by atoms with Gasteiger partial charge in [-0.1, -0.05) is 11.6 Å². The van der Waals surface area contributed by atoms with Crippen LogP contribution in [0.4, 0.5) is 4.39 Å². The Morgan fingerprint density at radius 1 is 1.33 bits per heavy atom. The van der Waals surface area contributed by atoms with Gasteiger partial charge < -0.3 is 10.4 Å². The Bertz CT molecular complexity index is 364. The molecule has 0 radical (unpaired) electrons. The number of phenolic OH excluding ortho intramolecular Hbond substituents is 1. The van der Waals surface area contributed by atoms with Gasteiger partial charge in [-0.3, -0.25) is 0 Å². The average molecular weight is 230 g/mol. The summed E-state index contributed by atoms with van der Waals surface area (Å²) in [6, 6.07) is 2.53. The maximum absolute atomic E-state index is 13.2. The van der Waals surface area contributed by atoms with Crippen molar-refractivity contribution in [2.45, 2.75) is 18.8 Å². The molecule has 0 amide bonds. The number of piperidine rings is 1. The molecular formula is C11H13ClFNO. The molecule has 0 spiro atoms. The van der Waals surface area contributed by atoms with Gasteiger partial charge in [0.25, 0.3) is 0 Å². The summed E-state index contributed by atoms with van der Waals surface area (Å²) in [6.07, 6.45) is 1.82. The highest BCUT2D eigenvalue weighted by atomic mass is 35.5. The Morgan fingerprint density at radius 3 is 2.67 bits per heavy atom. The number of aromatic hydroxyl groups is 1. The third-order valence-electron chi connectivity index (χ3n) is 2.84. The van der Waals surface area contributed by atoms with Crippen molar-refractivity contribution in [1.29, 1.82) is 0 Å². The van der Waals surface area contributed by atoms with E-state index in [1.807, 2.05) is 0 Å². The molecule has 0 aromatic heterocycles. The van der Waals surface area contributed by atoms with E-state index in [2.05, 4.69) is 5.32 Å². The van der Waals surface area contributed by atoms with Crippen LogP contribution in [0.5, 0.6) is 5.75 Å². The number of benzene rings is 1. The highest BCUT2D eigenvalue weighted by molar-refractivity contribution is 6.32. The van der Waals surface area contributed by atoms with Gasteiger partial charge in [0.1, 0.15) is 11.6 Å². The predicted molar refractivity (Wildman–Crippen MR) is 57.9 cm³/mol. The predicted octanol–water partition coefficient (Wildman–Crippen LogP) is 2.65. The lowest BCUT2D eigenvalue weighted by atomic mass is 9.89. The summed E-state index contributed by atoms with van der Waals surface area (Å²) < 4.78 is 13.2. The topological polar surface area (TPSA) is 32.3 Å². The molecular weight excluding hydrogens is 217 g/mol. The Labute approximate surface area is 93.1 Å². The van der Waals surface area contributed by atoms with Gasteiger partial charge >= 0.3 is 0 Å². The van der Waals surface area contributed by atoms with E-state index in [9.17, 15) is 9.50 Å². The third-order valence-corrected chi connectivity index (χ3v) is 3.12. The van der Waals surface area contributed by atoms with E-state index in [0.717, 1.165) is 32.0 Å². The van der Waals surface area contributed by atoms with Crippen LogP contribution in [0.3, 0.4) is 0 Å². The highest BCUT2D eigenvalue weighted by Gasteiger charge is 2.20. The Kier molecular flexibility index (Phi) is 3.12. The van der Waals surface area contributed by atoms with Crippen molar-refractivity contribution in [3.63, 3.8) is 0 Å². The molecule has 15 heavy (non-hydrogen) atoms. The summed E-state index contributed by atoms with van der Waals surface area (Å²) in [5.41, 5.74) is 0.640. The molecule has 2 nitrogen and oxygen atoms in total. The summed E-state index contributed by atoms with van der Waals surface area (Å²) in [6.45, 7) is 1.80. The number of nitrogens with one attached hydrogen (secondary N) is 1. The Hall–Kier alpha value is -0.800. The largest absolute Gasteiger partial charge is 0.506 e. The zero-order chi connectivity index (χ0) is 10.8. The summed E-state index contributed by atoms with van der Waals surface area (Å²) in [5.74, 6) is -0.143. The lowest BCUT2D eigenvalue weighted by molar-refractivity contribution is 0.422. The number of halogens is 2. The fourth-order valence-corrected chi connectivity index (χ4v) is 2.24. The van der Waals surface area contributed by atoms with Crippen LogP contribution in [0.15, 0.2) is 12.1 Å². The van der Waals surface area contributed by atoms with Gasteiger partial charge in [0.05, 0.1) is 5.02 Å². The van der Waals surface area contributed by atoms with Crippen LogP contribution in [-0.2, 0) is 0 Å². The third kappa shape index (κ3) is 2.24. The van der Waals surface area contributed by atoms with E-state index in [1.54, 1.807) is 0 Å². The molecule has 1 aromatic carbocycles. The Morgan fingerprint density at radius 2 is 2.00 bits per heavy atom. The molecule has 1 aliphatic rings. The van der Waals surface area contributed by atoms with Gasteiger partial charge in [0, 0.05) is 5.56 Å². The SMILES string of the molecule is Oc1c(Cl)cc(F)cc1C1CCNCC1. The van der Waals surface area contributed by atoms with E-state index in [-0.39, 0.29) is 22.5 Å². The maximum atomic E-state index is 13.2. The van der Waals surface area contributed by atoms with Crippen LogP contribution in [-0.4, -0.2) is 18.2 Å². The molecule has 0 aliphatic carbocycles. The van der Waals surface area contributed by atoms with Gasteiger partial charge in [0.15, 0.2) is 0 Å². The van der Waals surface area contributed by atoms with Crippen LogP contribution in [0, 0.1) is 5.82 Å². The van der Waals surface area contributed by atoms with Crippen LogP contribution in [0.1, 0.15) is 24.3 Å². The second-order valence-corrected chi connectivity index (χ2v) is 4.26. The molecule has 82 valence electrons. The van der Waals surface area contributed by atoms with Gasteiger partial charge in [0.2, 0.25) is 0 Å². The first-order valence-electron chi connectivity index (χ1n) is 5.07. The van der Waals surface area contributed by atoms with Gasteiger partial charge in [-0.05, 0) is 44.0 Å². The number of phenols is 1. The van der Waals surface area contributed by atoms with Crippen molar-refractivity contribution in [1.82, 2.24) is 5.32 Å². The molecule has 0 bridgehead atoms. The number of hydrogen-bond acceptors (Lipinski definition) is 2. The quantitative estimate of drug-likeness (QED) is 0.776. The fraction of sp³-hybridized carbons (Fsp3) is 0.455. The van der Waals surface area contributed by atoms with E-state index < -0.39 is 0 Å². The molecule has 0 unspecified atom stereocenters. The zero-order valence-electron chi connectivity index (χ0n) is 8.26. The number of hydrogen-bond donors (Lipinski definition) is 2. The van der Waals surface area contributed by atoms with Crippen LogP contribution in [0.25, 0.3) is 0 Å². The summed E-state index contributed by atoms with van der Waals surface area (Å²) in [5, 5.41) is 13.1. The molecule has 4 heteroatoms. The smallest absolute Gasteiger partial charge is 0.137 e. The molecule has 1 aromatic rings. The lowest BCUT2D eigenvalue weighted by Crippen LogP contribution is -2.26. The van der Waals surface area contributed by atoms with Crippen LogP contribution in [0.2, 0.25) is 5.02 Å². The second kappa shape index (κ2) is 4.37. The molecule has 0 atom stereocenters. The molecule has 1 heterocycles. The summed E-state index contributed by atoms with van der Waals surface area (Å²) >= 11 is 5.73. The zero-order valence-corrected chi connectivity index (χ0v) is 9.02. The normalized spacial score (nSPS) is 18.0. The number of rotatable bonds is 1. The maximum Gasteiger partial charge on any atom is 0.137 e. The van der Waals surface area contributed by atoms with E-state index >= 15 is 0 Å². The minimum Gasteiger partial charge on any atom is -0.506 e. The Balaban J connectivity index is 2.33. The van der Waals surface area contributed by atoms with E-state index in [4.69, 9.17) is 11.6 Å². The molecule has 2 rings (SSSR count). The minimum atomic E-state index is -0.383. The molecule has 1 aliphatic heterocycles. The van der Waals surface area contributed by atoms with E-state index in [1.165, 1.54) is 6.07 Å². The molecule has 1 saturated heterocycles. The van der Waals surface area contributed by atoms with Crippen molar-refractivity contribution < 1.29 is 9.50 Å². The van der Waals surface area contributed by atoms with Crippen molar-refractivity contribution >= 4 is 11.6 Å². The first-order chi connectivity index (χ1) is 7.18. The van der Waals surface area contributed by atoms with Crippen molar-refractivity contribution in [3.8, 4) is 5.75 Å². The summed E-state index contributed by atoms with van der Waals surface area (Å²) in [4.78, 5) is 0.